The van der Waals surface area contributed by atoms with Gasteiger partial charge in [-0.2, -0.15) is 0 Å². The van der Waals surface area contributed by atoms with Gasteiger partial charge >= 0.3 is 0 Å². The highest BCUT2D eigenvalue weighted by atomic mass is 16.5. The fraction of sp³-hybridized carbons (Fsp3) is 0.944. The number of nitrogens with one attached hydrogen (secondary N) is 1. The summed E-state index contributed by atoms with van der Waals surface area (Å²) in [5, 5.41) is 2.97. The summed E-state index contributed by atoms with van der Waals surface area (Å²) in [6.07, 6.45) is 5.11. The van der Waals surface area contributed by atoms with Crippen LogP contribution < -0.4 is 5.32 Å². The Balaban J connectivity index is 2.18. The minimum atomic E-state index is -0.0491. The molecule has 0 unspecified atom stereocenters. The molecule has 0 bridgehead atoms. The van der Waals surface area contributed by atoms with E-state index in [1.165, 1.54) is 19.3 Å². The first kappa shape index (κ1) is 19.4. The standard InChI is InChI=1S/C18H36N2O2/c1-14(2)19-17(21)13-20-11-9-16(10-12-20)8-7-15(3)22-18(4,5)6/h14-16H,7-13H2,1-6H3,(H,19,21)/t15-/m0/s1. The van der Waals surface area contributed by atoms with Gasteiger partial charge in [0, 0.05) is 6.04 Å². The zero-order valence-corrected chi connectivity index (χ0v) is 15.4. The van der Waals surface area contributed by atoms with Gasteiger partial charge in [-0.05, 0) is 86.2 Å². The van der Waals surface area contributed by atoms with Crippen LogP contribution in [0.15, 0.2) is 0 Å². The first-order valence-electron chi connectivity index (χ1n) is 8.85. The summed E-state index contributed by atoms with van der Waals surface area (Å²) >= 11 is 0. The van der Waals surface area contributed by atoms with Gasteiger partial charge in [-0.1, -0.05) is 0 Å². The number of rotatable bonds is 7. The van der Waals surface area contributed by atoms with Gasteiger partial charge in [-0.3, -0.25) is 9.69 Å². The van der Waals surface area contributed by atoms with Crippen molar-refractivity contribution in [2.45, 2.75) is 85.0 Å². The first-order chi connectivity index (χ1) is 10.2. The van der Waals surface area contributed by atoms with Crippen LogP contribution in [0.3, 0.4) is 0 Å². The van der Waals surface area contributed by atoms with E-state index in [4.69, 9.17) is 4.74 Å². The monoisotopic (exact) mass is 312 g/mol. The Morgan fingerprint density at radius 2 is 1.82 bits per heavy atom. The van der Waals surface area contributed by atoms with E-state index in [1.807, 2.05) is 13.8 Å². The Hall–Kier alpha value is -0.610. The van der Waals surface area contributed by atoms with Crippen molar-refractivity contribution in [2.75, 3.05) is 19.6 Å². The Kier molecular flexibility index (Phi) is 7.84. The SMILES string of the molecule is CC(C)NC(=O)CN1CCC(CC[C@H](C)OC(C)(C)C)CC1. The maximum Gasteiger partial charge on any atom is 0.234 e. The molecule has 0 radical (unpaired) electrons. The van der Waals surface area contributed by atoms with Gasteiger partial charge in [-0.25, -0.2) is 0 Å². The van der Waals surface area contributed by atoms with Crippen LogP contribution in [0, 0.1) is 5.92 Å². The Morgan fingerprint density at radius 1 is 1.23 bits per heavy atom. The van der Waals surface area contributed by atoms with Crippen molar-refractivity contribution in [1.82, 2.24) is 10.2 Å². The number of ether oxygens (including phenoxy) is 1. The van der Waals surface area contributed by atoms with Crippen LogP contribution in [0.25, 0.3) is 0 Å². The van der Waals surface area contributed by atoms with E-state index in [0.717, 1.165) is 25.4 Å². The molecule has 1 saturated heterocycles. The number of hydrogen-bond acceptors (Lipinski definition) is 3. The molecule has 0 aliphatic carbocycles. The average molecular weight is 312 g/mol. The molecule has 0 aromatic carbocycles. The number of amides is 1. The summed E-state index contributed by atoms with van der Waals surface area (Å²) < 4.78 is 5.98. The van der Waals surface area contributed by atoms with Crippen LogP contribution >= 0.6 is 0 Å². The molecule has 1 aliphatic rings. The molecule has 4 heteroatoms. The zero-order valence-electron chi connectivity index (χ0n) is 15.4. The molecule has 0 saturated carbocycles. The summed E-state index contributed by atoms with van der Waals surface area (Å²) in [5.41, 5.74) is -0.0491. The third-order valence-electron chi connectivity index (χ3n) is 4.06. The van der Waals surface area contributed by atoms with Crippen LogP contribution in [0.2, 0.25) is 0 Å². The lowest BCUT2D eigenvalue weighted by Gasteiger charge is -2.32. The van der Waals surface area contributed by atoms with Gasteiger partial charge in [0.05, 0.1) is 18.2 Å². The van der Waals surface area contributed by atoms with Crippen molar-refractivity contribution in [3.8, 4) is 0 Å². The molecule has 0 aromatic heterocycles. The van der Waals surface area contributed by atoms with E-state index in [-0.39, 0.29) is 17.6 Å². The third kappa shape index (κ3) is 8.74. The molecule has 1 N–H and O–H groups in total. The maximum atomic E-state index is 11.8. The Labute approximate surface area is 137 Å². The lowest BCUT2D eigenvalue weighted by atomic mass is 9.91. The van der Waals surface area contributed by atoms with Crippen LogP contribution in [0.4, 0.5) is 0 Å². The van der Waals surface area contributed by atoms with Crippen molar-refractivity contribution in [2.24, 2.45) is 5.92 Å². The summed E-state index contributed by atoms with van der Waals surface area (Å²) in [6.45, 7) is 15.2. The molecule has 1 aliphatic heterocycles. The van der Waals surface area contributed by atoms with Gasteiger partial charge in [0.25, 0.3) is 0 Å². The van der Waals surface area contributed by atoms with Gasteiger partial charge in [-0.15, -0.1) is 0 Å². The van der Waals surface area contributed by atoms with Crippen LogP contribution in [-0.2, 0) is 9.53 Å². The second kappa shape index (κ2) is 8.88. The van der Waals surface area contributed by atoms with E-state index in [2.05, 4.69) is 37.9 Å². The largest absolute Gasteiger partial charge is 0.373 e. The molecule has 130 valence electrons. The van der Waals surface area contributed by atoms with Gasteiger partial charge in [0.15, 0.2) is 0 Å². The Bertz CT molecular complexity index is 328. The minimum absolute atomic E-state index is 0.0491. The smallest absolute Gasteiger partial charge is 0.234 e. The quantitative estimate of drug-likeness (QED) is 0.785. The number of piperidine rings is 1. The summed E-state index contributed by atoms with van der Waals surface area (Å²) in [7, 11) is 0. The third-order valence-corrected chi connectivity index (χ3v) is 4.06. The van der Waals surface area contributed by atoms with Gasteiger partial charge in [0.1, 0.15) is 0 Å². The predicted octanol–water partition coefficient (Wildman–Crippen LogP) is 3.21. The molecule has 22 heavy (non-hydrogen) atoms. The van der Waals surface area contributed by atoms with E-state index < -0.39 is 0 Å². The van der Waals surface area contributed by atoms with Gasteiger partial charge in [0.2, 0.25) is 5.91 Å². The van der Waals surface area contributed by atoms with Crippen molar-refractivity contribution in [3.05, 3.63) is 0 Å². The molecule has 0 spiro atoms. The van der Waals surface area contributed by atoms with Gasteiger partial charge < -0.3 is 10.1 Å². The van der Waals surface area contributed by atoms with Crippen molar-refractivity contribution < 1.29 is 9.53 Å². The fourth-order valence-corrected chi connectivity index (χ4v) is 3.14. The molecular formula is C18H36N2O2. The second-order valence-corrected chi connectivity index (χ2v) is 8.06. The molecule has 4 nitrogen and oxygen atoms in total. The first-order valence-corrected chi connectivity index (χ1v) is 8.85. The number of carbonyl (C=O) groups is 1. The minimum Gasteiger partial charge on any atom is -0.373 e. The lowest BCUT2D eigenvalue weighted by molar-refractivity contribution is -0.123. The highest BCUT2D eigenvalue weighted by molar-refractivity contribution is 5.78. The van der Waals surface area contributed by atoms with E-state index in [1.54, 1.807) is 0 Å². The summed E-state index contributed by atoms with van der Waals surface area (Å²) in [5.74, 6) is 0.941. The highest BCUT2D eigenvalue weighted by Crippen LogP contribution is 2.24. The fourth-order valence-electron chi connectivity index (χ4n) is 3.14. The van der Waals surface area contributed by atoms with Crippen LogP contribution in [0.1, 0.15) is 67.2 Å². The summed E-state index contributed by atoms with van der Waals surface area (Å²) in [6, 6.07) is 0.231. The van der Waals surface area contributed by atoms with E-state index in [0.29, 0.717) is 12.6 Å². The van der Waals surface area contributed by atoms with Crippen molar-refractivity contribution in [1.29, 1.82) is 0 Å². The predicted molar refractivity (Wildman–Crippen MR) is 92.0 cm³/mol. The molecule has 1 fully saturated rings. The number of nitrogens with zero attached hydrogens (tertiary/aromatic N) is 1. The number of likely N-dealkylation sites (tertiary alicyclic amines) is 1. The van der Waals surface area contributed by atoms with Crippen LogP contribution in [0.5, 0.6) is 0 Å². The molecular weight excluding hydrogens is 276 g/mol. The highest BCUT2D eigenvalue weighted by Gasteiger charge is 2.22. The average Bonchev–Trinajstić information content (AvgIpc) is 2.35. The topological polar surface area (TPSA) is 41.6 Å². The van der Waals surface area contributed by atoms with Crippen LogP contribution in [-0.4, -0.2) is 48.2 Å². The second-order valence-electron chi connectivity index (χ2n) is 8.06. The van der Waals surface area contributed by atoms with E-state index >= 15 is 0 Å². The zero-order chi connectivity index (χ0) is 16.8. The molecule has 1 heterocycles. The summed E-state index contributed by atoms with van der Waals surface area (Å²) in [4.78, 5) is 14.1. The molecule has 0 aromatic rings. The normalized spacial score (nSPS) is 19.4. The Morgan fingerprint density at radius 3 is 2.32 bits per heavy atom. The maximum absolute atomic E-state index is 11.8. The molecule has 1 rings (SSSR count). The lowest BCUT2D eigenvalue weighted by Crippen LogP contribution is -2.43. The molecule has 1 atom stereocenters. The van der Waals surface area contributed by atoms with Crippen molar-refractivity contribution >= 4 is 5.91 Å². The number of carbonyl (C=O) groups excluding carboxylic acids is 1. The number of hydrogen-bond donors (Lipinski definition) is 1. The van der Waals surface area contributed by atoms with E-state index in [9.17, 15) is 4.79 Å². The molecule has 1 amide bonds. The van der Waals surface area contributed by atoms with Crippen molar-refractivity contribution in [3.63, 3.8) is 0 Å².